The minimum absolute atomic E-state index is 0.108. The van der Waals surface area contributed by atoms with Crippen molar-refractivity contribution in [3.63, 3.8) is 0 Å². The maximum Gasteiger partial charge on any atom is 0.351 e. The third-order valence-electron chi connectivity index (χ3n) is 3.43. The molecule has 1 saturated heterocycles. The van der Waals surface area contributed by atoms with Crippen LogP contribution in [0, 0.1) is 0 Å². The summed E-state index contributed by atoms with van der Waals surface area (Å²) >= 11 is 0. The number of hydrogen-bond acceptors (Lipinski definition) is 7. The van der Waals surface area contributed by atoms with Crippen molar-refractivity contribution in [1.29, 1.82) is 0 Å². The Bertz CT molecular complexity index is 521. The lowest BCUT2D eigenvalue weighted by Gasteiger charge is -2.22. The minimum Gasteiger partial charge on any atom is -0.394 e. The normalized spacial score (nSPS) is 28.9. The molecule has 0 aliphatic carbocycles. The molecule has 1 aromatic rings. The molecule has 2 rings (SSSR count). The molecule has 1 aliphatic rings. The van der Waals surface area contributed by atoms with Gasteiger partial charge in [0.2, 0.25) is 0 Å². The van der Waals surface area contributed by atoms with Gasteiger partial charge in [-0.15, -0.1) is 0 Å². The van der Waals surface area contributed by atoms with Crippen molar-refractivity contribution in [3.8, 4) is 0 Å². The second kappa shape index (κ2) is 6.99. The average molecular weight is 299 g/mol. The molecule has 8 heteroatoms. The van der Waals surface area contributed by atoms with Crippen LogP contribution in [0.4, 0.5) is 5.82 Å². The summed E-state index contributed by atoms with van der Waals surface area (Å²) in [5, 5.41) is 19.4. The van der Waals surface area contributed by atoms with E-state index in [2.05, 4.69) is 4.98 Å². The third kappa shape index (κ3) is 3.41. The van der Waals surface area contributed by atoms with Gasteiger partial charge in [0.25, 0.3) is 0 Å². The van der Waals surface area contributed by atoms with Crippen LogP contribution in [0.15, 0.2) is 17.1 Å². The highest BCUT2D eigenvalue weighted by molar-refractivity contribution is 5.23. The van der Waals surface area contributed by atoms with E-state index in [-0.39, 0.29) is 12.4 Å². The average Bonchev–Trinajstić information content (AvgIpc) is 2.76. The number of nitrogen functional groups attached to an aromatic ring is 1. The first kappa shape index (κ1) is 15.9. The molecule has 0 aromatic carbocycles. The van der Waals surface area contributed by atoms with Crippen molar-refractivity contribution >= 4 is 5.82 Å². The highest BCUT2D eigenvalue weighted by atomic mass is 16.6. The van der Waals surface area contributed by atoms with Crippen LogP contribution in [-0.4, -0.2) is 51.3 Å². The van der Waals surface area contributed by atoms with E-state index in [1.54, 1.807) is 0 Å². The largest absolute Gasteiger partial charge is 0.394 e. The number of aliphatic hydroxyl groups excluding tert-OH is 2. The van der Waals surface area contributed by atoms with Gasteiger partial charge in [0.15, 0.2) is 6.23 Å². The van der Waals surface area contributed by atoms with Crippen molar-refractivity contribution < 1.29 is 19.7 Å². The molecule has 4 atom stereocenters. The summed E-state index contributed by atoms with van der Waals surface area (Å²) in [7, 11) is 0. The molecule has 0 amide bonds. The second-order valence-electron chi connectivity index (χ2n) is 4.97. The van der Waals surface area contributed by atoms with Gasteiger partial charge >= 0.3 is 5.69 Å². The highest BCUT2D eigenvalue weighted by Gasteiger charge is 2.45. The molecule has 0 bridgehead atoms. The Hall–Kier alpha value is -1.48. The van der Waals surface area contributed by atoms with Crippen LogP contribution in [0.2, 0.25) is 0 Å². The molecule has 0 radical (unpaired) electrons. The molecular formula is C13H21N3O5. The molecule has 1 fully saturated rings. The lowest BCUT2D eigenvalue weighted by Crippen LogP contribution is -2.38. The number of unbranched alkanes of at least 4 members (excludes halogenated alkanes) is 1. The number of anilines is 1. The number of ether oxygens (including phenoxy) is 2. The predicted octanol–water partition coefficient (Wildman–Crippen LogP) is -0.739. The van der Waals surface area contributed by atoms with E-state index in [4.69, 9.17) is 15.2 Å². The van der Waals surface area contributed by atoms with Gasteiger partial charge in [0.05, 0.1) is 6.61 Å². The Morgan fingerprint density at radius 2 is 2.33 bits per heavy atom. The zero-order valence-corrected chi connectivity index (χ0v) is 11.9. The zero-order chi connectivity index (χ0) is 15.4. The van der Waals surface area contributed by atoms with Crippen LogP contribution in [0.1, 0.15) is 26.0 Å². The minimum atomic E-state index is -1.01. The van der Waals surface area contributed by atoms with E-state index in [0.29, 0.717) is 6.61 Å². The summed E-state index contributed by atoms with van der Waals surface area (Å²) in [6, 6.07) is 1.46. The summed E-state index contributed by atoms with van der Waals surface area (Å²) in [4.78, 5) is 15.5. The van der Waals surface area contributed by atoms with Gasteiger partial charge in [-0.05, 0) is 12.5 Å². The fourth-order valence-corrected chi connectivity index (χ4v) is 2.26. The molecule has 2 heterocycles. The van der Waals surface area contributed by atoms with Crippen molar-refractivity contribution in [3.05, 3.63) is 22.7 Å². The van der Waals surface area contributed by atoms with E-state index in [9.17, 15) is 15.0 Å². The van der Waals surface area contributed by atoms with Crippen molar-refractivity contribution in [2.24, 2.45) is 0 Å². The quantitative estimate of drug-likeness (QED) is 0.592. The fourth-order valence-electron chi connectivity index (χ4n) is 2.26. The summed E-state index contributed by atoms with van der Waals surface area (Å²) < 4.78 is 12.4. The number of nitrogens with two attached hydrogens (primary N) is 1. The first-order valence-electron chi connectivity index (χ1n) is 6.99. The van der Waals surface area contributed by atoms with Crippen LogP contribution >= 0.6 is 0 Å². The number of hydrogen-bond donors (Lipinski definition) is 3. The summed E-state index contributed by atoms with van der Waals surface area (Å²) in [6.07, 6.45) is -0.174. The maximum absolute atomic E-state index is 11.9. The van der Waals surface area contributed by atoms with Crippen LogP contribution in [-0.2, 0) is 9.47 Å². The molecule has 0 saturated carbocycles. The number of aromatic nitrogens is 2. The van der Waals surface area contributed by atoms with E-state index in [1.807, 2.05) is 6.92 Å². The summed E-state index contributed by atoms with van der Waals surface area (Å²) in [5.74, 6) is 0.108. The van der Waals surface area contributed by atoms with Gasteiger partial charge in [-0.1, -0.05) is 13.3 Å². The monoisotopic (exact) mass is 299 g/mol. The van der Waals surface area contributed by atoms with Gasteiger partial charge in [0, 0.05) is 12.8 Å². The Morgan fingerprint density at radius 3 is 2.95 bits per heavy atom. The Kier molecular flexibility index (Phi) is 5.29. The molecule has 21 heavy (non-hydrogen) atoms. The van der Waals surface area contributed by atoms with Gasteiger partial charge < -0.3 is 25.4 Å². The summed E-state index contributed by atoms with van der Waals surface area (Å²) in [6.45, 7) is 2.10. The maximum atomic E-state index is 11.9. The molecule has 0 unspecified atom stereocenters. The van der Waals surface area contributed by atoms with E-state index in [0.717, 1.165) is 12.8 Å². The van der Waals surface area contributed by atoms with E-state index >= 15 is 0 Å². The van der Waals surface area contributed by atoms with E-state index in [1.165, 1.54) is 16.8 Å². The van der Waals surface area contributed by atoms with Crippen LogP contribution in [0.3, 0.4) is 0 Å². The van der Waals surface area contributed by atoms with Gasteiger partial charge in [0.1, 0.15) is 24.1 Å². The van der Waals surface area contributed by atoms with Gasteiger partial charge in [-0.25, -0.2) is 4.79 Å². The standard InChI is InChI=1S/C13H21N3O5/c1-2-3-6-20-11-10(18)8(7-17)21-12(11)16-5-4-9(14)15-13(16)19/h4-5,8,10-12,17-18H,2-3,6-7H2,1H3,(H2,14,15,19)/t8-,10-,11-,12-/m1/s1. The smallest absolute Gasteiger partial charge is 0.351 e. The number of rotatable bonds is 6. The van der Waals surface area contributed by atoms with Gasteiger partial charge in [-0.2, -0.15) is 4.98 Å². The van der Waals surface area contributed by atoms with Crippen molar-refractivity contribution in [1.82, 2.24) is 9.55 Å². The lowest BCUT2D eigenvalue weighted by molar-refractivity contribution is -0.0747. The zero-order valence-electron chi connectivity index (χ0n) is 11.9. The topological polar surface area (TPSA) is 120 Å². The SMILES string of the molecule is CCCCO[C@@H]1[C@H](O)[C@@H](CO)O[C@H]1n1ccc(N)nc1=O. The molecule has 1 aliphatic heterocycles. The summed E-state index contributed by atoms with van der Waals surface area (Å²) in [5.41, 5.74) is 4.87. The van der Waals surface area contributed by atoms with Crippen LogP contribution < -0.4 is 11.4 Å². The highest BCUT2D eigenvalue weighted by Crippen LogP contribution is 2.30. The molecule has 1 aromatic heterocycles. The molecular weight excluding hydrogens is 278 g/mol. The molecule has 118 valence electrons. The molecule has 0 spiro atoms. The van der Waals surface area contributed by atoms with Crippen molar-refractivity contribution in [2.45, 2.75) is 44.3 Å². The Labute approximate surface area is 122 Å². The lowest BCUT2D eigenvalue weighted by atomic mass is 10.1. The third-order valence-corrected chi connectivity index (χ3v) is 3.43. The second-order valence-corrected chi connectivity index (χ2v) is 4.97. The van der Waals surface area contributed by atoms with Gasteiger partial charge in [-0.3, -0.25) is 4.57 Å². The first-order chi connectivity index (χ1) is 10.1. The Balaban J connectivity index is 2.23. The van der Waals surface area contributed by atoms with Crippen molar-refractivity contribution in [2.75, 3.05) is 18.9 Å². The fraction of sp³-hybridized carbons (Fsp3) is 0.692. The predicted molar refractivity (Wildman–Crippen MR) is 74.6 cm³/mol. The Morgan fingerprint density at radius 1 is 1.57 bits per heavy atom. The van der Waals surface area contributed by atoms with Crippen LogP contribution in [0.5, 0.6) is 0 Å². The number of aliphatic hydroxyl groups is 2. The molecule has 8 nitrogen and oxygen atoms in total. The van der Waals surface area contributed by atoms with Crippen LogP contribution in [0.25, 0.3) is 0 Å². The number of nitrogens with zero attached hydrogens (tertiary/aromatic N) is 2. The van der Waals surface area contributed by atoms with E-state index < -0.39 is 30.2 Å². The molecule has 4 N–H and O–H groups in total. The first-order valence-corrected chi connectivity index (χ1v) is 6.99.